The fraction of sp³-hybridized carbons (Fsp3) is 0.214. The Hall–Kier alpha value is -1.13. The van der Waals surface area contributed by atoms with E-state index in [1.807, 2.05) is 43.5 Å². The van der Waals surface area contributed by atoms with Crippen molar-refractivity contribution in [3.8, 4) is 0 Å². The van der Waals surface area contributed by atoms with Crippen LogP contribution in [0.2, 0.25) is 0 Å². The lowest BCUT2D eigenvalue weighted by Crippen LogP contribution is -2.26. The molecule has 1 amide bonds. The summed E-state index contributed by atoms with van der Waals surface area (Å²) in [4.78, 5) is 12.1. The maximum atomic E-state index is 12.1. The Morgan fingerprint density at radius 2 is 2.17 bits per heavy atom. The Morgan fingerprint density at radius 3 is 2.78 bits per heavy atom. The third-order valence-electron chi connectivity index (χ3n) is 2.81. The summed E-state index contributed by atoms with van der Waals surface area (Å²) in [6, 6.07) is 7.68. The lowest BCUT2D eigenvalue weighted by molar-refractivity contribution is 0.0940. The Balaban J connectivity index is 2.10. The van der Waals surface area contributed by atoms with Crippen LogP contribution in [0.1, 0.15) is 34.5 Å². The molecule has 0 saturated heterocycles. The van der Waals surface area contributed by atoms with Crippen molar-refractivity contribution in [3.63, 3.8) is 0 Å². The summed E-state index contributed by atoms with van der Waals surface area (Å²) in [6.07, 6.45) is 0. The van der Waals surface area contributed by atoms with E-state index in [4.69, 9.17) is 0 Å². The topological polar surface area (TPSA) is 29.1 Å². The van der Waals surface area contributed by atoms with Crippen molar-refractivity contribution in [1.29, 1.82) is 0 Å². The molecule has 0 fully saturated rings. The van der Waals surface area contributed by atoms with Crippen LogP contribution in [0.5, 0.6) is 0 Å². The SMILES string of the molecule is Cc1cc(C(=O)NC(C)c2ccsc2)ccc1Br. The van der Waals surface area contributed by atoms with Crippen LogP contribution in [0.15, 0.2) is 39.5 Å². The quantitative estimate of drug-likeness (QED) is 0.895. The van der Waals surface area contributed by atoms with Crippen molar-refractivity contribution in [2.45, 2.75) is 19.9 Å². The van der Waals surface area contributed by atoms with Gasteiger partial charge in [0.15, 0.2) is 0 Å². The Bertz CT molecular complexity index is 551. The number of rotatable bonds is 3. The molecule has 1 heterocycles. The fourth-order valence-electron chi connectivity index (χ4n) is 1.67. The largest absolute Gasteiger partial charge is 0.345 e. The van der Waals surface area contributed by atoms with Crippen LogP contribution in [0.4, 0.5) is 0 Å². The first-order valence-corrected chi connectivity index (χ1v) is 7.40. The smallest absolute Gasteiger partial charge is 0.251 e. The summed E-state index contributed by atoms with van der Waals surface area (Å²) in [7, 11) is 0. The number of thiophene rings is 1. The molecule has 1 aromatic heterocycles. The second kappa shape index (κ2) is 5.67. The molecule has 2 aromatic rings. The van der Waals surface area contributed by atoms with E-state index in [1.54, 1.807) is 11.3 Å². The van der Waals surface area contributed by atoms with E-state index in [0.29, 0.717) is 5.56 Å². The number of aryl methyl sites for hydroxylation is 1. The number of nitrogens with one attached hydrogen (secondary N) is 1. The third-order valence-corrected chi connectivity index (χ3v) is 4.40. The molecule has 0 radical (unpaired) electrons. The zero-order chi connectivity index (χ0) is 13.1. The molecule has 1 unspecified atom stereocenters. The minimum Gasteiger partial charge on any atom is -0.345 e. The van der Waals surface area contributed by atoms with Gasteiger partial charge in [0.25, 0.3) is 5.91 Å². The highest BCUT2D eigenvalue weighted by atomic mass is 79.9. The summed E-state index contributed by atoms with van der Waals surface area (Å²) >= 11 is 5.07. The molecule has 0 bridgehead atoms. The monoisotopic (exact) mass is 323 g/mol. The van der Waals surface area contributed by atoms with Crippen molar-refractivity contribution in [1.82, 2.24) is 5.32 Å². The van der Waals surface area contributed by atoms with Crippen molar-refractivity contribution < 1.29 is 4.79 Å². The van der Waals surface area contributed by atoms with Crippen molar-refractivity contribution in [3.05, 3.63) is 56.2 Å². The van der Waals surface area contributed by atoms with Crippen LogP contribution in [-0.2, 0) is 0 Å². The normalized spacial score (nSPS) is 12.2. The van der Waals surface area contributed by atoms with Gasteiger partial charge in [-0.05, 0) is 60.0 Å². The number of carbonyl (C=O) groups excluding carboxylic acids is 1. The molecular weight excluding hydrogens is 310 g/mol. The lowest BCUT2D eigenvalue weighted by Gasteiger charge is -2.13. The second-order valence-electron chi connectivity index (χ2n) is 4.22. The van der Waals surface area contributed by atoms with Crippen LogP contribution in [0, 0.1) is 6.92 Å². The van der Waals surface area contributed by atoms with Gasteiger partial charge < -0.3 is 5.32 Å². The molecule has 0 spiro atoms. The highest BCUT2D eigenvalue weighted by molar-refractivity contribution is 9.10. The molecule has 0 saturated carbocycles. The first-order valence-electron chi connectivity index (χ1n) is 5.67. The maximum absolute atomic E-state index is 12.1. The first-order chi connectivity index (χ1) is 8.58. The molecule has 4 heteroatoms. The second-order valence-corrected chi connectivity index (χ2v) is 5.85. The van der Waals surface area contributed by atoms with E-state index >= 15 is 0 Å². The molecule has 1 aromatic carbocycles. The number of amides is 1. The van der Waals surface area contributed by atoms with Crippen LogP contribution in [0.3, 0.4) is 0 Å². The van der Waals surface area contributed by atoms with E-state index in [9.17, 15) is 4.79 Å². The third kappa shape index (κ3) is 3.00. The van der Waals surface area contributed by atoms with Crippen LogP contribution in [0.25, 0.3) is 0 Å². The summed E-state index contributed by atoms with van der Waals surface area (Å²) in [5, 5.41) is 7.07. The number of hydrogen-bond acceptors (Lipinski definition) is 2. The molecule has 2 nitrogen and oxygen atoms in total. The molecule has 0 aliphatic heterocycles. The molecular formula is C14H14BrNOS. The van der Waals surface area contributed by atoms with E-state index in [2.05, 4.69) is 26.6 Å². The van der Waals surface area contributed by atoms with Crippen molar-refractivity contribution in [2.75, 3.05) is 0 Å². The average molecular weight is 324 g/mol. The van der Waals surface area contributed by atoms with Gasteiger partial charge in [0, 0.05) is 10.0 Å². The molecule has 18 heavy (non-hydrogen) atoms. The average Bonchev–Trinajstić information content (AvgIpc) is 2.86. The Labute approximate surface area is 119 Å². The van der Waals surface area contributed by atoms with Gasteiger partial charge in [-0.3, -0.25) is 4.79 Å². The summed E-state index contributed by atoms with van der Waals surface area (Å²) in [6.45, 7) is 3.97. The lowest BCUT2D eigenvalue weighted by atomic mass is 10.1. The number of halogens is 1. The number of carbonyl (C=O) groups is 1. The maximum Gasteiger partial charge on any atom is 0.251 e. The van der Waals surface area contributed by atoms with Gasteiger partial charge in [0.1, 0.15) is 0 Å². The highest BCUT2D eigenvalue weighted by Crippen LogP contribution is 2.19. The van der Waals surface area contributed by atoms with Gasteiger partial charge in [-0.2, -0.15) is 11.3 Å². The Kier molecular flexibility index (Phi) is 4.19. The zero-order valence-electron chi connectivity index (χ0n) is 10.2. The van der Waals surface area contributed by atoms with Gasteiger partial charge in [-0.15, -0.1) is 0 Å². The molecule has 1 N–H and O–H groups in total. The molecule has 2 rings (SSSR count). The van der Waals surface area contributed by atoms with E-state index in [0.717, 1.165) is 15.6 Å². The van der Waals surface area contributed by atoms with Gasteiger partial charge in [-0.1, -0.05) is 15.9 Å². The minimum atomic E-state index is -0.0377. The molecule has 1 atom stereocenters. The fourth-order valence-corrected chi connectivity index (χ4v) is 2.67. The molecule has 0 aliphatic carbocycles. The first kappa shape index (κ1) is 13.3. The summed E-state index contributed by atoms with van der Waals surface area (Å²) in [5.74, 6) is -0.0377. The van der Waals surface area contributed by atoms with Gasteiger partial charge >= 0.3 is 0 Å². The highest BCUT2D eigenvalue weighted by Gasteiger charge is 2.12. The van der Waals surface area contributed by atoms with Crippen molar-refractivity contribution in [2.24, 2.45) is 0 Å². The van der Waals surface area contributed by atoms with Crippen LogP contribution >= 0.6 is 27.3 Å². The van der Waals surface area contributed by atoms with E-state index in [1.165, 1.54) is 0 Å². The number of hydrogen-bond donors (Lipinski definition) is 1. The Morgan fingerprint density at radius 1 is 1.39 bits per heavy atom. The van der Waals surface area contributed by atoms with Gasteiger partial charge in [0.2, 0.25) is 0 Å². The van der Waals surface area contributed by atoms with Crippen molar-refractivity contribution >= 4 is 33.2 Å². The van der Waals surface area contributed by atoms with E-state index in [-0.39, 0.29) is 11.9 Å². The minimum absolute atomic E-state index is 0.0349. The predicted molar refractivity (Wildman–Crippen MR) is 79.1 cm³/mol. The molecule has 0 aliphatic rings. The van der Waals surface area contributed by atoms with Crippen LogP contribution < -0.4 is 5.32 Å². The van der Waals surface area contributed by atoms with Crippen LogP contribution in [-0.4, -0.2) is 5.91 Å². The summed E-state index contributed by atoms with van der Waals surface area (Å²) in [5.41, 5.74) is 2.89. The summed E-state index contributed by atoms with van der Waals surface area (Å²) < 4.78 is 1.02. The number of benzene rings is 1. The predicted octanol–water partition coefficient (Wildman–Crippen LogP) is 4.31. The van der Waals surface area contributed by atoms with E-state index < -0.39 is 0 Å². The molecule has 94 valence electrons. The van der Waals surface area contributed by atoms with Gasteiger partial charge in [-0.25, -0.2) is 0 Å². The van der Waals surface area contributed by atoms with Gasteiger partial charge in [0.05, 0.1) is 6.04 Å². The zero-order valence-corrected chi connectivity index (χ0v) is 12.6. The standard InChI is InChI=1S/C14H14BrNOS/c1-9-7-11(3-4-13(9)15)14(17)16-10(2)12-5-6-18-8-12/h3-8,10H,1-2H3,(H,16,17).